The third-order valence-corrected chi connectivity index (χ3v) is 5.61. The number of benzene rings is 1. The molecule has 0 saturated heterocycles. The van der Waals surface area contributed by atoms with Crippen LogP contribution in [0.25, 0.3) is 21.3 Å². The largest absolute Gasteiger partial charge is 0.464 e. The fourth-order valence-electron chi connectivity index (χ4n) is 3.12. The van der Waals surface area contributed by atoms with Gasteiger partial charge in [-0.1, -0.05) is 23.8 Å². The van der Waals surface area contributed by atoms with Crippen molar-refractivity contribution in [3.05, 3.63) is 51.4 Å². The molecule has 1 aliphatic rings. The molecule has 0 amide bonds. The first kappa shape index (κ1) is 17.0. The Labute approximate surface area is 155 Å². The molecule has 0 N–H and O–H groups in total. The number of nitrogens with zero attached hydrogens (tertiary/aromatic N) is 2. The van der Waals surface area contributed by atoms with Crippen LogP contribution in [0.3, 0.4) is 0 Å². The molecule has 2 heterocycles. The van der Waals surface area contributed by atoms with Crippen molar-refractivity contribution in [2.75, 3.05) is 6.61 Å². The maximum absolute atomic E-state index is 13.0. The predicted octanol–water partition coefficient (Wildman–Crippen LogP) is 3.70. The normalized spacial score (nSPS) is 13.9. The van der Waals surface area contributed by atoms with Gasteiger partial charge in [-0.2, -0.15) is 0 Å². The summed E-state index contributed by atoms with van der Waals surface area (Å²) >= 11 is 1.48. The average Bonchev–Trinajstić information content (AvgIpc) is 3.37. The third kappa shape index (κ3) is 3.17. The highest BCUT2D eigenvalue weighted by atomic mass is 32.1. The summed E-state index contributed by atoms with van der Waals surface area (Å²) in [5.74, 6) is -0.0843. The fourth-order valence-corrected chi connectivity index (χ4v) is 4.02. The SMILES string of the molecule is Cc1ccc(-c2csc3ncn(CCOC(=O)C4CC4)c(=O)c23)c(C)c1. The van der Waals surface area contributed by atoms with Crippen LogP contribution in [-0.2, 0) is 16.1 Å². The van der Waals surface area contributed by atoms with Crippen LogP contribution in [0.4, 0.5) is 0 Å². The molecule has 1 fully saturated rings. The molecule has 0 unspecified atom stereocenters. The Morgan fingerprint density at radius 2 is 2.12 bits per heavy atom. The number of carbonyl (C=O) groups excluding carboxylic acids is 1. The highest BCUT2D eigenvalue weighted by Crippen LogP contribution is 2.33. The van der Waals surface area contributed by atoms with E-state index in [-0.39, 0.29) is 24.1 Å². The van der Waals surface area contributed by atoms with Crippen LogP contribution >= 0.6 is 11.3 Å². The summed E-state index contributed by atoms with van der Waals surface area (Å²) < 4.78 is 6.77. The zero-order valence-corrected chi connectivity index (χ0v) is 15.6. The molecule has 0 aliphatic heterocycles. The minimum Gasteiger partial charge on any atom is -0.464 e. The van der Waals surface area contributed by atoms with E-state index in [1.165, 1.54) is 27.8 Å². The lowest BCUT2D eigenvalue weighted by atomic mass is 9.99. The summed E-state index contributed by atoms with van der Waals surface area (Å²) in [6.07, 6.45) is 3.37. The van der Waals surface area contributed by atoms with E-state index in [1.54, 1.807) is 0 Å². The standard InChI is InChI=1S/C20H20N2O3S/c1-12-3-6-15(13(2)9-12)16-10-26-18-17(16)19(23)22(11-21-18)7-8-25-20(24)14-4-5-14/h3,6,9-11,14H,4-5,7-8H2,1-2H3. The van der Waals surface area contributed by atoms with Crippen molar-refractivity contribution in [2.24, 2.45) is 5.92 Å². The molecule has 26 heavy (non-hydrogen) atoms. The highest BCUT2D eigenvalue weighted by molar-refractivity contribution is 7.17. The van der Waals surface area contributed by atoms with Crippen molar-refractivity contribution in [3.8, 4) is 11.1 Å². The van der Waals surface area contributed by atoms with Crippen LogP contribution in [0.2, 0.25) is 0 Å². The Morgan fingerprint density at radius 1 is 1.31 bits per heavy atom. The van der Waals surface area contributed by atoms with Gasteiger partial charge in [-0.3, -0.25) is 14.2 Å². The Hall–Kier alpha value is -2.47. The number of thiophene rings is 1. The lowest BCUT2D eigenvalue weighted by Crippen LogP contribution is -2.23. The van der Waals surface area contributed by atoms with Gasteiger partial charge in [0.2, 0.25) is 0 Å². The second kappa shape index (κ2) is 6.68. The van der Waals surface area contributed by atoms with E-state index in [4.69, 9.17) is 4.74 Å². The molecule has 0 atom stereocenters. The van der Waals surface area contributed by atoms with Gasteiger partial charge in [0.1, 0.15) is 11.4 Å². The van der Waals surface area contributed by atoms with Crippen molar-refractivity contribution in [1.82, 2.24) is 9.55 Å². The lowest BCUT2D eigenvalue weighted by Gasteiger charge is -2.08. The molecule has 0 radical (unpaired) electrons. The van der Waals surface area contributed by atoms with Gasteiger partial charge in [-0.15, -0.1) is 11.3 Å². The summed E-state index contributed by atoms with van der Waals surface area (Å²) in [5, 5.41) is 2.63. The molecule has 134 valence electrons. The van der Waals surface area contributed by atoms with Crippen molar-refractivity contribution in [2.45, 2.75) is 33.2 Å². The molecule has 5 nitrogen and oxygen atoms in total. The maximum atomic E-state index is 13.0. The van der Waals surface area contributed by atoms with Gasteiger partial charge < -0.3 is 4.74 Å². The summed E-state index contributed by atoms with van der Waals surface area (Å²) in [6, 6.07) is 6.23. The molecule has 4 rings (SSSR count). The molecule has 0 bridgehead atoms. The summed E-state index contributed by atoms with van der Waals surface area (Å²) in [5.41, 5.74) is 4.22. The van der Waals surface area contributed by atoms with Gasteiger partial charge in [0, 0.05) is 10.9 Å². The number of carbonyl (C=O) groups is 1. The van der Waals surface area contributed by atoms with Gasteiger partial charge in [0.25, 0.3) is 5.56 Å². The van der Waals surface area contributed by atoms with Crippen molar-refractivity contribution >= 4 is 27.5 Å². The van der Waals surface area contributed by atoms with Crippen LogP contribution < -0.4 is 5.56 Å². The minimum absolute atomic E-state index is 0.0697. The molecule has 1 saturated carbocycles. The average molecular weight is 368 g/mol. The van der Waals surface area contributed by atoms with Gasteiger partial charge in [-0.05, 0) is 37.8 Å². The number of aryl methyl sites for hydroxylation is 2. The third-order valence-electron chi connectivity index (χ3n) is 4.72. The topological polar surface area (TPSA) is 61.2 Å². The highest BCUT2D eigenvalue weighted by Gasteiger charge is 2.31. The van der Waals surface area contributed by atoms with Crippen molar-refractivity contribution in [3.63, 3.8) is 0 Å². The molecule has 1 aliphatic carbocycles. The second-order valence-electron chi connectivity index (χ2n) is 6.83. The summed E-state index contributed by atoms with van der Waals surface area (Å²) in [4.78, 5) is 29.8. The number of ether oxygens (including phenoxy) is 1. The zero-order valence-electron chi connectivity index (χ0n) is 14.8. The van der Waals surface area contributed by atoms with E-state index in [0.29, 0.717) is 11.9 Å². The first-order valence-electron chi connectivity index (χ1n) is 8.75. The number of rotatable bonds is 5. The first-order chi connectivity index (χ1) is 12.5. The van der Waals surface area contributed by atoms with E-state index < -0.39 is 0 Å². The Kier molecular flexibility index (Phi) is 4.36. The number of hydrogen-bond donors (Lipinski definition) is 0. The molecular weight excluding hydrogens is 348 g/mol. The maximum Gasteiger partial charge on any atom is 0.308 e. The molecule has 1 aromatic carbocycles. The number of esters is 1. The van der Waals surface area contributed by atoms with E-state index in [9.17, 15) is 9.59 Å². The van der Waals surface area contributed by atoms with Gasteiger partial charge >= 0.3 is 5.97 Å². The van der Waals surface area contributed by atoms with E-state index in [2.05, 4.69) is 37.0 Å². The first-order valence-corrected chi connectivity index (χ1v) is 9.63. The Morgan fingerprint density at radius 3 is 2.85 bits per heavy atom. The fraction of sp³-hybridized carbons (Fsp3) is 0.350. The Balaban J connectivity index is 1.65. The van der Waals surface area contributed by atoms with Gasteiger partial charge in [0.15, 0.2) is 0 Å². The predicted molar refractivity (Wildman–Crippen MR) is 102 cm³/mol. The number of aromatic nitrogens is 2. The Bertz CT molecular complexity index is 1050. The summed E-state index contributed by atoms with van der Waals surface area (Å²) in [7, 11) is 0. The zero-order chi connectivity index (χ0) is 18.3. The van der Waals surface area contributed by atoms with Crippen LogP contribution in [0, 0.1) is 19.8 Å². The quantitative estimate of drug-likeness (QED) is 0.644. The van der Waals surface area contributed by atoms with Gasteiger partial charge in [0.05, 0.1) is 24.2 Å². The van der Waals surface area contributed by atoms with E-state index >= 15 is 0 Å². The number of fused-ring (bicyclic) bond motifs is 1. The van der Waals surface area contributed by atoms with Crippen LogP contribution in [0.15, 0.2) is 34.7 Å². The minimum atomic E-state index is -0.154. The van der Waals surface area contributed by atoms with Crippen molar-refractivity contribution in [1.29, 1.82) is 0 Å². The van der Waals surface area contributed by atoms with Crippen LogP contribution in [0.1, 0.15) is 24.0 Å². The van der Waals surface area contributed by atoms with E-state index in [1.807, 2.05) is 5.38 Å². The smallest absolute Gasteiger partial charge is 0.308 e. The second-order valence-corrected chi connectivity index (χ2v) is 7.69. The summed E-state index contributed by atoms with van der Waals surface area (Å²) in [6.45, 7) is 4.63. The monoisotopic (exact) mass is 368 g/mol. The lowest BCUT2D eigenvalue weighted by molar-refractivity contribution is -0.145. The van der Waals surface area contributed by atoms with Gasteiger partial charge in [-0.25, -0.2) is 4.98 Å². The molecule has 6 heteroatoms. The number of hydrogen-bond acceptors (Lipinski definition) is 5. The molecule has 3 aromatic rings. The van der Waals surface area contributed by atoms with E-state index in [0.717, 1.165) is 34.4 Å². The molecule has 0 spiro atoms. The molecule has 2 aromatic heterocycles. The van der Waals surface area contributed by atoms with Crippen molar-refractivity contribution < 1.29 is 9.53 Å². The molecular formula is C20H20N2O3S. The van der Waals surface area contributed by atoms with Crippen LogP contribution in [-0.4, -0.2) is 22.1 Å². The van der Waals surface area contributed by atoms with Crippen LogP contribution in [0.5, 0.6) is 0 Å².